The van der Waals surface area contributed by atoms with Gasteiger partial charge < -0.3 is 14.5 Å². The smallest absolute Gasteiger partial charge is 0.122 e. The minimum Gasteiger partial charge on any atom is -0.468 e. The van der Waals surface area contributed by atoms with E-state index in [2.05, 4.69) is 37.1 Å². The Balaban J connectivity index is 1.87. The normalized spacial score (nSPS) is 21.3. The Hall–Kier alpha value is -0.840. The van der Waals surface area contributed by atoms with Crippen LogP contribution in [0.15, 0.2) is 16.7 Å². The van der Waals surface area contributed by atoms with E-state index in [9.17, 15) is 0 Å². The summed E-state index contributed by atoms with van der Waals surface area (Å²) >= 11 is 0. The average molecular weight is 280 g/mol. The van der Waals surface area contributed by atoms with Gasteiger partial charge in [-0.3, -0.25) is 4.90 Å². The molecule has 1 aromatic rings. The van der Waals surface area contributed by atoms with Crippen LogP contribution in [-0.4, -0.2) is 37.2 Å². The summed E-state index contributed by atoms with van der Waals surface area (Å²) < 4.78 is 11.4. The van der Waals surface area contributed by atoms with Gasteiger partial charge in [-0.2, -0.15) is 0 Å². The van der Waals surface area contributed by atoms with E-state index in [0.717, 1.165) is 51.5 Å². The van der Waals surface area contributed by atoms with E-state index in [4.69, 9.17) is 9.15 Å². The molecule has 20 heavy (non-hydrogen) atoms. The average Bonchev–Trinajstić information content (AvgIpc) is 2.70. The van der Waals surface area contributed by atoms with Gasteiger partial charge in [0.05, 0.1) is 18.9 Å². The standard InChI is InChI=1S/C16H28N2O2/c1-13(2)9-17-10-15-5-8-20-16(15)12-18-6-4-7-19-14(3)11-18/h5,8,13-14,17H,4,6-7,9-12H2,1-3H3. The second-order valence-corrected chi connectivity index (χ2v) is 6.16. The molecule has 0 bridgehead atoms. The maximum absolute atomic E-state index is 5.69. The molecule has 4 nitrogen and oxygen atoms in total. The molecule has 1 aliphatic heterocycles. The van der Waals surface area contributed by atoms with E-state index >= 15 is 0 Å². The molecule has 1 unspecified atom stereocenters. The summed E-state index contributed by atoms with van der Waals surface area (Å²) in [7, 11) is 0. The largest absolute Gasteiger partial charge is 0.468 e. The van der Waals surface area contributed by atoms with Crippen LogP contribution in [0.1, 0.15) is 38.5 Å². The van der Waals surface area contributed by atoms with E-state index in [-0.39, 0.29) is 0 Å². The summed E-state index contributed by atoms with van der Waals surface area (Å²) in [6, 6.07) is 2.08. The molecule has 1 aromatic heterocycles. The van der Waals surface area contributed by atoms with Crippen LogP contribution in [0.3, 0.4) is 0 Å². The van der Waals surface area contributed by atoms with Crippen LogP contribution in [0.5, 0.6) is 0 Å². The Morgan fingerprint density at radius 1 is 1.45 bits per heavy atom. The van der Waals surface area contributed by atoms with E-state index in [0.29, 0.717) is 12.0 Å². The highest BCUT2D eigenvalue weighted by Gasteiger charge is 2.17. The first-order valence-electron chi connectivity index (χ1n) is 7.75. The quantitative estimate of drug-likeness (QED) is 0.869. The van der Waals surface area contributed by atoms with Crippen LogP contribution in [0.4, 0.5) is 0 Å². The number of hydrogen-bond acceptors (Lipinski definition) is 4. The van der Waals surface area contributed by atoms with Gasteiger partial charge in [0.15, 0.2) is 0 Å². The molecule has 0 aromatic carbocycles. The Kier molecular flexibility index (Phi) is 6.07. The SMILES string of the molecule is CC(C)CNCc1ccoc1CN1CCCOC(C)C1. The number of furan rings is 1. The van der Waals surface area contributed by atoms with Crippen molar-refractivity contribution in [3.05, 3.63) is 23.7 Å². The van der Waals surface area contributed by atoms with Crippen molar-refractivity contribution in [1.82, 2.24) is 10.2 Å². The van der Waals surface area contributed by atoms with Gasteiger partial charge in [0, 0.05) is 31.8 Å². The van der Waals surface area contributed by atoms with Crippen molar-refractivity contribution in [2.45, 2.75) is 46.4 Å². The summed E-state index contributed by atoms with van der Waals surface area (Å²) in [5.41, 5.74) is 1.28. The van der Waals surface area contributed by atoms with E-state index in [1.165, 1.54) is 5.56 Å². The predicted octanol–water partition coefficient (Wildman–Crippen LogP) is 2.64. The zero-order valence-electron chi connectivity index (χ0n) is 13.0. The van der Waals surface area contributed by atoms with Gasteiger partial charge >= 0.3 is 0 Å². The van der Waals surface area contributed by atoms with Crippen molar-refractivity contribution < 1.29 is 9.15 Å². The topological polar surface area (TPSA) is 37.6 Å². The highest BCUT2D eigenvalue weighted by atomic mass is 16.5. The van der Waals surface area contributed by atoms with Crippen LogP contribution in [0, 0.1) is 5.92 Å². The van der Waals surface area contributed by atoms with Crippen LogP contribution in [0.2, 0.25) is 0 Å². The molecule has 0 amide bonds. The third-order valence-corrected chi connectivity index (χ3v) is 3.61. The van der Waals surface area contributed by atoms with Gasteiger partial charge in [0.25, 0.3) is 0 Å². The first kappa shape index (κ1) is 15.5. The van der Waals surface area contributed by atoms with Gasteiger partial charge in [-0.1, -0.05) is 13.8 Å². The fourth-order valence-electron chi connectivity index (χ4n) is 2.59. The molecule has 0 saturated carbocycles. The third-order valence-electron chi connectivity index (χ3n) is 3.61. The summed E-state index contributed by atoms with van der Waals surface area (Å²) in [5.74, 6) is 1.77. The van der Waals surface area contributed by atoms with Crippen molar-refractivity contribution in [2.75, 3.05) is 26.2 Å². The lowest BCUT2D eigenvalue weighted by Gasteiger charge is -2.21. The van der Waals surface area contributed by atoms with Crippen molar-refractivity contribution in [1.29, 1.82) is 0 Å². The Morgan fingerprint density at radius 2 is 2.30 bits per heavy atom. The zero-order chi connectivity index (χ0) is 14.4. The molecule has 2 rings (SSSR count). The third kappa shape index (κ3) is 4.93. The molecule has 1 N–H and O–H groups in total. The first-order valence-corrected chi connectivity index (χ1v) is 7.75. The minimum absolute atomic E-state index is 0.315. The predicted molar refractivity (Wildman–Crippen MR) is 80.6 cm³/mol. The maximum atomic E-state index is 5.69. The summed E-state index contributed by atoms with van der Waals surface area (Å²) in [4.78, 5) is 2.43. The van der Waals surface area contributed by atoms with Crippen molar-refractivity contribution in [2.24, 2.45) is 5.92 Å². The Morgan fingerprint density at radius 3 is 3.10 bits per heavy atom. The van der Waals surface area contributed by atoms with Gasteiger partial charge in [-0.05, 0) is 31.9 Å². The van der Waals surface area contributed by atoms with Crippen molar-refractivity contribution in [3.63, 3.8) is 0 Å². The number of ether oxygens (including phenoxy) is 1. The molecule has 114 valence electrons. The molecular formula is C16H28N2O2. The molecule has 0 radical (unpaired) electrons. The fraction of sp³-hybridized carbons (Fsp3) is 0.750. The molecule has 1 atom stereocenters. The minimum atomic E-state index is 0.315. The van der Waals surface area contributed by atoms with Crippen LogP contribution < -0.4 is 5.32 Å². The van der Waals surface area contributed by atoms with Gasteiger partial charge in [-0.15, -0.1) is 0 Å². The second kappa shape index (κ2) is 7.81. The highest BCUT2D eigenvalue weighted by Crippen LogP contribution is 2.16. The molecule has 1 aliphatic rings. The highest BCUT2D eigenvalue weighted by molar-refractivity contribution is 5.16. The maximum Gasteiger partial charge on any atom is 0.122 e. The number of hydrogen-bond donors (Lipinski definition) is 1. The lowest BCUT2D eigenvalue weighted by Crippen LogP contribution is -2.30. The molecule has 4 heteroatoms. The molecule has 1 saturated heterocycles. The Labute approximate surface area is 122 Å². The number of rotatable bonds is 6. The molecule has 0 spiro atoms. The second-order valence-electron chi connectivity index (χ2n) is 6.16. The first-order chi connectivity index (χ1) is 9.65. The molecule has 1 fully saturated rings. The summed E-state index contributed by atoms with van der Waals surface area (Å²) in [6.07, 6.45) is 3.22. The summed E-state index contributed by atoms with van der Waals surface area (Å²) in [5, 5.41) is 3.48. The van der Waals surface area contributed by atoms with Gasteiger partial charge in [0.1, 0.15) is 5.76 Å². The molecule has 2 heterocycles. The van der Waals surface area contributed by atoms with Gasteiger partial charge in [-0.25, -0.2) is 0 Å². The zero-order valence-corrected chi connectivity index (χ0v) is 13.0. The lowest BCUT2D eigenvalue weighted by molar-refractivity contribution is 0.0658. The fourth-order valence-corrected chi connectivity index (χ4v) is 2.59. The van der Waals surface area contributed by atoms with E-state index < -0.39 is 0 Å². The van der Waals surface area contributed by atoms with E-state index in [1.807, 2.05) is 0 Å². The number of nitrogens with zero attached hydrogens (tertiary/aromatic N) is 1. The van der Waals surface area contributed by atoms with Gasteiger partial charge in [0.2, 0.25) is 0 Å². The van der Waals surface area contributed by atoms with Crippen LogP contribution in [-0.2, 0) is 17.8 Å². The Bertz CT molecular complexity index is 390. The lowest BCUT2D eigenvalue weighted by atomic mass is 10.2. The van der Waals surface area contributed by atoms with Crippen molar-refractivity contribution in [3.8, 4) is 0 Å². The van der Waals surface area contributed by atoms with Crippen molar-refractivity contribution >= 4 is 0 Å². The summed E-state index contributed by atoms with van der Waals surface area (Å²) in [6.45, 7) is 12.4. The number of nitrogens with one attached hydrogen (secondary N) is 1. The van der Waals surface area contributed by atoms with Crippen LogP contribution in [0.25, 0.3) is 0 Å². The monoisotopic (exact) mass is 280 g/mol. The van der Waals surface area contributed by atoms with E-state index in [1.54, 1.807) is 6.26 Å². The van der Waals surface area contributed by atoms with Crippen LogP contribution >= 0.6 is 0 Å². The molecule has 0 aliphatic carbocycles. The molecular weight excluding hydrogens is 252 g/mol.